The highest BCUT2D eigenvalue weighted by atomic mass is 16.3. The summed E-state index contributed by atoms with van der Waals surface area (Å²) in [7, 11) is 0. The number of aromatic hydroxyl groups is 1. The number of nitrogens with zero attached hydrogens (tertiary/aromatic N) is 1. The van der Waals surface area contributed by atoms with E-state index < -0.39 is 0 Å². The van der Waals surface area contributed by atoms with Gasteiger partial charge >= 0.3 is 0 Å². The molecule has 1 unspecified atom stereocenters. The summed E-state index contributed by atoms with van der Waals surface area (Å²) in [6.07, 6.45) is 4.91. The maximum Gasteiger partial charge on any atom is 0.251 e. The molecule has 116 valence electrons. The van der Waals surface area contributed by atoms with Crippen molar-refractivity contribution in [3.8, 4) is 5.75 Å². The van der Waals surface area contributed by atoms with E-state index >= 15 is 0 Å². The van der Waals surface area contributed by atoms with E-state index in [9.17, 15) is 9.90 Å². The minimum atomic E-state index is -0.0650. The van der Waals surface area contributed by atoms with Crippen LogP contribution in [0, 0.1) is 6.92 Å². The lowest BCUT2D eigenvalue weighted by Crippen LogP contribution is -2.39. The van der Waals surface area contributed by atoms with Gasteiger partial charge in [0.15, 0.2) is 0 Å². The molecule has 21 heavy (non-hydrogen) atoms. The van der Waals surface area contributed by atoms with E-state index in [4.69, 9.17) is 0 Å². The SMILES string of the molecule is Cc1cc(C(=O)NCCCN2CCCCC2C)ccc1O. The minimum absolute atomic E-state index is 0.0650. The Balaban J connectivity index is 1.72. The minimum Gasteiger partial charge on any atom is -0.508 e. The number of hydrogen-bond acceptors (Lipinski definition) is 3. The fourth-order valence-corrected chi connectivity index (χ4v) is 2.87. The highest BCUT2D eigenvalue weighted by Gasteiger charge is 2.17. The summed E-state index contributed by atoms with van der Waals surface area (Å²) in [5.41, 5.74) is 1.33. The second kappa shape index (κ2) is 7.46. The van der Waals surface area contributed by atoms with E-state index in [1.807, 2.05) is 0 Å². The van der Waals surface area contributed by atoms with Crippen LogP contribution in [-0.4, -0.2) is 41.6 Å². The number of carbonyl (C=O) groups is 1. The van der Waals surface area contributed by atoms with Gasteiger partial charge in [0.25, 0.3) is 5.91 Å². The van der Waals surface area contributed by atoms with Gasteiger partial charge in [-0.3, -0.25) is 4.79 Å². The van der Waals surface area contributed by atoms with Gasteiger partial charge in [0.2, 0.25) is 0 Å². The molecule has 2 rings (SSSR count). The first kappa shape index (κ1) is 15.8. The van der Waals surface area contributed by atoms with Crippen LogP contribution in [0.25, 0.3) is 0 Å². The lowest BCUT2D eigenvalue weighted by atomic mass is 10.0. The Morgan fingerprint density at radius 1 is 1.43 bits per heavy atom. The average molecular weight is 290 g/mol. The molecule has 0 aromatic heterocycles. The Labute approximate surface area is 127 Å². The normalized spacial score (nSPS) is 19.4. The largest absolute Gasteiger partial charge is 0.508 e. The summed E-state index contributed by atoms with van der Waals surface area (Å²) in [5.74, 6) is 0.162. The van der Waals surface area contributed by atoms with Crippen LogP contribution in [0.4, 0.5) is 0 Å². The van der Waals surface area contributed by atoms with Gasteiger partial charge in [0.05, 0.1) is 0 Å². The van der Waals surface area contributed by atoms with E-state index in [-0.39, 0.29) is 11.7 Å². The third-order valence-electron chi connectivity index (χ3n) is 4.31. The Morgan fingerprint density at radius 3 is 2.95 bits per heavy atom. The van der Waals surface area contributed by atoms with Crippen LogP contribution in [0.15, 0.2) is 18.2 Å². The summed E-state index contributed by atoms with van der Waals surface area (Å²) in [5, 5.41) is 12.4. The van der Waals surface area contributed by atoms with E-state index in [0.29, 0.717) is 18.2 Å². The lowest BCUT2D eigenvalue weighted by molar-refractivity contribution is 0.0949. The van der Waals surface area contributed by atoms with Crippen LogP contribution in [-0.2, 0) is 0 Å². The van der Waals surface area contributed by atoms with Gasteiger partial charge in [-0.15, -0.1) is 0 Å². The van der Waals surface area contributed by atoms with Crippen LogP contribution in [0.2, 0.25) is 0 Å². The summed E-state index contributed by atoms with van der Waals surface area (Å²) >= 11 is 0. The number of phenols is 1. The van der Waals surface area contributed by atoms with Crippen molar-refractivity contribution >= 4 is 5.91 Å². The monoisotopic (exact) mass is 290 g/mol. The molecule has 0 spiro atoms. The van der Waals surface area contributed by atoms with Gasteiger partial charge in [0.1, 0.15) is 5.75 Å². The Kier molecular flexibility index (Phi) is 5.62. The third-order valence-corrected chi connectivity index (χ3v) is 4.31. The summed E-state index contributed by atoms with van der Waals surface area (Å²) in [6.45, 7) is 7.02. The van der Waals surface area contributed by atoms with Crippen molar-refractivity contribution in [2.45, 2.75) is 45.6 Å². The summed E-state index contributed by atoms with van der Waals surface area (Å²) in [4.78, 5) is 14.5. The molecule has 1 heterocycles. The van der Waals surface area contributed by atoms with Crippen molar-refractivity contribution in [3.63, 3.8) is 0 Å². The van der Waals surface area contributed by atoms with Gasteiger partial charge < -0.3 is 15.3 Å². The summed E-state index contributed by atoms with van der Waals surface area (Å²) in [6, 6.07) is 5.62. The van der Waals surface area contributed by atoms with Crippen molar-refractivity contribution < 1.29 is 9.90 Å². The molecular formula is C17H26N2O2. The molecule has 0 saturated carbocycles. The van der Waals surface area contributed by atoms with Crippen LogP contribution in [0.1, 0.15) is 48.5 Å². The number of rotatable bonds is 5. The zero-order chi connectivity index (χ0) is 15.2. The molecule has 1 atom stereocenters. The number of carbonyl (C=O) groups excluding carboxylic acids is 1. The number of phenolic OH excluding ortho intramolecular Hbond substituents is 1. The predicted octanol–water partition coefficient (Wildman–Crippen LogP) is 2.69. The zero-order valence-electron chi connectivity index (χ0n) is 13.1. The van der Waals surface area contributed by atoms with Gasteiger partial charge in [-0.1, -0.05) is 6.42 Å². The van der Waals surface area contributed by atoms with Gasteiger partial charge in [-0.2, -0.15) is 0 Å². The molecule has 4 nitrogen and oxygen atoms in total. The number of benzene rings is 1. The highest BCUT2D eigenvalue weighted by molar-refractivity contribution is 5.94. The van der Waals surface area contributed by atoms with Crippen molar-refractivity contribution in [2.24, 2.45) is 0 Å². The first-order valence-corrected chi connectivity index (χ1v) is 7.90. The number of likely N-dealkylation sites (tertiary alicyclic amines) is 1. The van der Waals surface area contributed by atoms with Crippen molar-refractivity contribution in [2.75, 3.05) is 19.6 Å². The molecule has 0 aliphatic carbocycles. The quantitative estimate of drug-likeness (QED) is 0.820. The molecule has 0 bridgehead atoms. The molecule has 1 aliphatic heterocycles. The van der Waals surface area contributed by atoms with E-state index in [0.717, 1.165) is 18.5 Å². The second-order valence-corrected chi connectivity index (χ2v) is 5.99. The standard InChI is InChI=1S/C17H26N2O2/c1-13-12-15(7-8-16(13)20)17(21)18-9-5-11-19-10-4-3-6-14(19)2/h7-8,12,14,20H,3-6,9-11H2,1-2H3,(H,18,21). The Hall–Kier alpha value is -1.55. The molecule has 1 amide bonds. The Bertz CT molecular complexity index is 488. The summed E-state index contributed by atoms with van der Waals surface area (Å²) < 4.78 is 0. The first-order valence-electron chi connectivity index (χ1n) is 7.90. The third kappa shape index (κ3) is 4.46. The van der Waals surface area contributed by atoms with Crippen molar-refractivity contribution in [3.05, 3.63) is 29.3 Å². The highest BCUT2D eigenvalue weighted by Crippen LogP contribution is 2.17. The average Bonchev–Trinajstić information content (AvgIpc) is 2.48. The van der Waals surface area contributed by atoms with Crippen molar-refractivity contribution in [1.82, 2.24) is 10.2 Å². The van der Waals surface area contributed by atoms with E-state index in [1.54, 1.807) is 25.1 Å². The van der Waals surface area contributed by atoms with Crippen LogP contribution in [0.3, 0.4) is 0 Å². The number of nitrogens with one attached hydrogen (secondary N) is 1. The van der Waals surface area contributed by atoms with Crippen LogP contribution < -0.4 is 5.32 Å². The van der Waals surface area contributed by atoms with Crippen LogP contribution >= 0.6 is 0 Å². The molecule has 4 heteroatoms. The molecule has 2 N–H and O–H groups in total. The number of amides is 1. The number of piperidine rings is 1. The first-order chi connectivity index (χ1) is 10.1. The predicted molar refractivity (Wildman–Crippen MR) is 84.7 cm³/mol. The fraction of sp³-hybridized carbons (Fsp3) is 0.588. The second-order valence-electron chi connectivity index (χ2n) is 5.99. The Morgan fingerprint density at radius 2 is 2.24 bits per heavy atom. The fourth-order valence-electron chi connectivity index (χ4n) is 2.87. The maximum absolute atomic E-state index is 12.0. The molecular weight excluding hydrogens is 264 g/mol. The number of aryl methyl sites for hydroxylation is 1. The van der Waals surface area contributed by atoms with Crippen LogP contribution in [0.5, 0.6) is 5.75 Å². The molecule has 1 fully saturated rings. The maximum atomic E-state index is 12.0. The molecule has 0 radical (unpaired) electrons. The molecule has 1 aromatic carbocycles. The van der Waals surface area contributed by atoms with E-state index in [1.165, 1.54) is 25.8 Å². The zero-order valence-corrected chi connectivity index (χ0v) is 13.1. The molecule has 1 aromatic rings. The van der Waals surface area contributed by atoms with E-state index in [2.05, 4.69) is 17.1 Å². The topological polar surface area (TPSA) is 52.6 Å². The number of hydrogen-bond donors (Lipinski definition) is 2. The molecule has 1 aliphatic rings. The lowest BCUT2D eigenvalue weighted by Gasteiger charge is -2.33. The van der Waals surface area contributed by atoms with Gasteiger partial charge in [0, 0.05) is 24.7 Å². The van der Waals surface area contributed by atoms with Crippen molar-refractivity contribution in [1.29, 1.82) is 0 Å². The van der Waals surface area contributed by atoms with Gasteiger partial charge in [-0.25, -0.2) is 0 Å². The smallest absolute Gasteiger partial charge is 0.251 e. The molecule has 1 saturated heterocycles. The van der Waals surface area contributed by atoms with Gasteiger partial charge in [-0.05, 0) is 63.4 Å².